The van der Waals surface area contributed by atoms with E-state index in [1.807, 2.05) is 13.8 Å². The van der Waals surface area contributed by atoms with Crippen LogP contribution in [0.3, 0.4) is 0 Å². The van der Waals surface area contributed by atoms with E-state index in [0.717, 1.165) is 11.4 Å². The first kappa shape index (κ1) is 12.6. The van der Waals surface area contributed by atoms with E-state index in [2.05, 4.69) is 9.97 Å². The van der Waals surface area contributed by atoms with Crippen LogP contribution in [0.5, 0.6) is 0 Å². The molecule has 0 spiro atoms. The number of H-pyrrole nitrogens is 1. The lowest BCUT2D eigenvalue weighted by atomic mass is 9.84. The molecule has 0 fully saturated rings. The summed E-state index contributed by atoms with van der Waals surface area (Å²) in [5, 5.41) is 0. The van der Waals surface area contributed by atoms with Crippen molar-refractivity contribution in [2.24, 2.45) is 0 Å². The number of nitrogen functional groups attached to an aromatic ring is 1. The largest absolute Gasteiger partial charge is 0.399 e. The van der Waals surface area contributed by atoms with Crippen LogP contribution in [0.25, 0.3) is 11.3 Å². The van der Waals surface area contributed by atoms with Gasteiger partial charge in [0.15, 0.2) is 5.78 Å². The van der Waals surface area contributed by atoms with Crippen molar-refractivity contribution in [2.75, 3.05) is 5.73 Å². The Hall–Kier alpha value is -2.43. The van der Waals surface area contributed by atoms with Crippen molar-refractivity contribution in [3.63, 3.8) is 0 Å². The van der Waals surface area contributed by atoms with E-state index < -0.39 is 5.92 Å². The molecule has 1 unspecified atom stereocenters. The zero-order valence-corrected chi connectivity index (χ0v) is 11.3. The normalized spacial score (nSPS) is 16.9. The Morgan fingerprint density at radius 3 is 2.75 bits per heavy atom. The SMILES string of the molecule is CC(C)c1nc2c([nH]1)C(C=O)C(=O)c1cc(N)ccc1-2. The van der Waals surface area contributed by atoms with E-state index in [9.17, 15) is 9.59 Å². The highest BCUT2D eigenvalue weighted by Gasteiger charge is 2.35. The predicted molar refractivity (Wildman–Crippen MR) is 75.7 cm³/mol. The van der Waals surface area contributed by atoms with Crippen LogP contribution in [-0.4, -0.2) is 22.0 Å². The quantitative estimate of drug-likeness (QED) is 0.497. The molecule has 2 aromatic rings. The third kappa shape index (κ3) is 1.66. The number of rotatable bonds is 2. The number of nitrogens with zero attached hydrogens (tertiary/aromatic N) is 1. The number of carbonyl (C=O) groups is 2. The maximum absolute atomic E-state index is 12.4. The molecule has 0 radical (unpaired) electrons. The fraction of sp³-hybridized carbons (Fsp3) is 0.267. The van der Waals surface area contributed by atoms with Crippen molar-refractivity contribution in [2.45, 2.75) is 25.7 Å². The molecular weight excluding hydrogens is 254 g/mol. The van der Waals surface area contributed by atoms with Crippen molar-refractivity contribution in [1.82, 2.24) is 9.97 Å². The smallest absolute Gasteiger partial charge is 0.179 e. The Kier molecular flexibility index (Phi) is 2.71. The number of aromatic amines is 1. The molecule has 5 nitrogen and oxygen atoms in total. The number of nitrogens with one attached hydrogen (secondary N) is 1. The third-order valence-corrected chi connectivity index (χ3v) is 3.59. The number of aldehydes is 1. The van der Waals surface area contributed by atoms with Crippen LogP contribution < -0.4 is 5.73 Å². The highest BCUT2D eigenvalue weighted by molar-refractivity contribution is 6.16. The van der Waals surface area contributed by atoms with E-state index in [1.54, 1.807) is 18.2 Å². The van der Waals surface area contributed by atoms with Gasteiger partial charge in [-0.2, -0.15) is 0 Å². The maximum atomic E-state index is 12.4. The molecule has 1 heterocycles. The van der Waals surface area contributed by atoms with Crippen LogP contribution in [0.4, 0.5) is 5.69 Å². The average molecular weight is 269 g/mol. The van der Waals surface area contributed by atoms with Gasteiger partial charge in [0.1, 0.15) is 18.0 Å². The third-order valence-electron chi connectivity index (χ3n) is 3.59. The molecular formula is C15H15N3O2. The fourth-order valence-electron chi connectivity index (χ4n) is 2.51. The molecule has 20 heavy (non-hydrogen) atoms. The van der Waals surface area contributed by atoms with Gasteiger partial charge in [0.2, 0.25) is 0 Å². The number of anilines is 1. The number of ketones is 1. The first-order valence-corrected chi connectivity index (χ1v) is 6.52. The van der Waals surface area contributed by atoms with Gasteiger partial charge >= 0.3 is 0 Å². The number of fused-ring (bicyclic) bond motifs is 3. The van der Waals surface area contributed by atoms with Gasteiger partial charge in [-0.25, -0.2) is 4.98 Å². The van der Waals surface area contributed by atoms with Crippen molar-refractivity contribution < 1.29 is 9.59 Å². The minimum absolute atomic E-state index is 0.195. The molecule has 3 N–H and O–H groups in total. The monoisotopic (exact) mass is 269 g/mol. The second-order valence-electron chi connectivity index (χ2n) is 5.32. The highest BCUT2D eigenvalue weighted by Crippen LogP contribution is 2.38. The van der Waals surface area contributed by atoms with Gasteiger partial charge in [0, 0.05) is 22.7 Å². The Morgan fingerprint density at radius 1 is 1.35 bits per heavy atom. The second-order valence-corrected chi connectivity index (χ2v) is 5.32. The lowest BCUT2D eigenvalue weighted by molar-refractivity contribution is -0.108. The van der Waals surface area contributed by atoms with Crippen LogP contribution in [0.1, 0.15) is 47.6 Å². The molecule has 0 saturated carbocycles. The zero-order chi connectivity index (χ0) is 14.4. The molecule has 0 amide bonds. The topological polar surface area (TPSA) is 88.8 Å². The minimum Gasteiger partial charge on any atom is -0.399 e. The van der Waals surface area contributed by atoms with Crippen LogP contribution in [-0.2, 0) is 4.79 Å². The standard InChI is InChI=1S/C15H15N3O2/c1-7(2)15-17-12-9-4-3-8(16)5-10(9)14(20)11(6-19)13(12)18-15/h3-7,11H,16H2,1-2H3,(H,17,18). The molecule has 1 aliphatic carbocycles. The molecule has 1 atom stereocenters. The summed E-state index contributed by atoms with van der Waals surface area (Å²) in [6.07, 6.45) is 0.662. The van der Waals surface area contributed by atoms with Crippen LogP contribution >= 0.6 is 0 Å². The summed E-state index contributed by atoms with van der Waals surface area (Å²) in [6, 6.07) is 5.13. The van der Waals surface area contributed by atoms with E-state index in [0.29, 0.717) is 28.9 Å². The van der Waals surface area contributed by atoms with Gasteiger partial charge in [-0.3, -0.25) is 4.79 Å². The summed E-state index contributed by atoms with van der Waals surface area (Å²) in [5.74, 6) is -0.0763. The summed E-state index contributed by atoms with van der Waals surface area (Å²) < 4.78 is 0. The number of carbonyl (C=O) groups excluding carboxylic acids is 2. The summed E-state index contributed by atoms with van der Waals surface area (Å²) in [6.45, 7) is 4.01. The minimum atomic E-state index is -0.820. The first-order chi connectivity index (χ1) is 9.52. The maximum Gasteiger partial charge on any atom is 0.179 e. The van der Waals surface area contributed by atoms with E-state index in [4.69, 9.17) is 5.73 Å². The number of Topliss-reactive ketones (excluding diaryl/α,β-unsaturated/α-hetero) is 1. The lowest BCUT2D eigenvalue weighted by Crippen LogP contribution is -2.21. The molecule has 0 aliphatic heterocycles. The van der Waals surface area contributed by atoms with Gasteiger partial charge in [0.05, 0.1) is 11.4 Å². The number of benzene rings is 1. The van der Waals surface area contributed by atoms with Crippen molar-refractivity contribution in [1.29, 1.82) is 0 Å². The van der Waals surface area contributed by atoms with Gasteiger partial charge in [-0.05, 0) is 18.2 Å². The summed E-state index contributed by atoms with van der Waals surface area (Å²) >= 11 is 0. The van der Waals surface area contributed by atoms with E-state index in [-0.39, 0.29) is 11.7 Å². The second kappa shape index (κ2) is 4.30. The Balaban J connectivity index is 2.29. The van der Waals surface area contributed by atoms with E-state index >= 15 is 0 Å². The molecule has 0 saturated heterocycles. The number of imidazole rings is 1. The molecule has 102 valence electrons. The predicted octanol–water partition coefficient (Wildman–Crippen LogP) is 2.26. The van der Waals surface area contributed by atoms with Crippen LogP contribution in [0, 0.1) is 0 Å². The lowest BCUT2D eigenvalue weighted by Gasteiger charge is -2.19. The number of aromatic nitrogens is 2. The Labute approximate surface area is 116 Å². The fourth-order valence-corrected chi connectivity index (χ4v) is 2.51. The summed E-state index contributed by atoms with van der Waals surface area (Å²) in [7, 11) is 0. The molecule has 3 rings (SSSR count). The molecule has 5 heteroatoms. The Morgan fingerprint density at radius 2 is 2.10 bits per heavy atom. The zero-order valence-electron chi connectivity index (χ0n) is 11.3. The van der Waals surface area contributed by atoms with Crippen molar-refractivity contribution >= 4 is 17.8 Å². The van der Waals surface area contributed by atoms with Gasteiger partial charge in [-0.15, -0.1) is 0 Å². The average Bonchev–Trinajstić information content (AvgIpc) is 2.84. The van der Waals surface area contributed by atoms with Gasteiger partial charge in [0.25, 0.3) is 0 Å². The number of nitrogens with two attached hydrogens (primary N) is 1. The van der Waals surface area contributed by atoms with Gasteiger partial charge in [-0.1, -0.05) is 13.8 Å². The van der Waals surface area contributed by atoms with Gasteiger partial charge < -0.3 is 15.5 Å². The van der Waals surface area contributed by atoms with E-state index in [1.165, 1.54) is 0 Å². The highest BCUT2D eigenvalue weighted by atomic mass is 16.1. The first-order valence-electron chi connectivity index (χ1n) is 6.52. The molecule has 1 aliphatic rings. The van der Waals surface area contributed by atoms with Crippen molar-refractivity contribution in [3.05, 3.63) is 35.3 Å². The van der Waals surface area contributed by atoms with Crippen molar-refractivity contribution in [3.8, 4) is 11.3 Å². The number of hydrogen-bond donors (Lipinski definition) is 2. The molecule has 0 bridgehead atoms. The van der Waals surface area contributed by atoms with Crippen LogP contribution in [0.2, 0.25) is 0 Å². The number of hydrogen-bond acceptors (Lipinski definition) is 4. The van der Waals surface area contributed by atoms with Crippen LogP contribution in [0.15, 0.2) is 18.2 Å². The molecule has 1 aromatic heterocycles. The summed E-state index contributed by atoms with van der Waals surface area (Å²) in [5.41, 5.74) is 8.72. The Bertz CT molecular complexity index is 716. The molecule has 1 aromatic carbocycles. The summed E-state index contributed by atoms with van der Waals surface area (Å²) in [4.78, 5) is 31.4.